The molecule has 0 bridgehead atoms. The smallest absolute Gasteiger partial charge is 0.170 e. The number of pyridine rings is 1. The van der Waals surface area contributed by atoms with Crippen molar-refractivity contribution in [2.75, 3.05) is 18.0 Å². The van der Waals surface area contributed by atoms with Gasteiger partial charge in [0.25, 0.3) is 0 Å². The molecule has 0 amide bonds. The molecule has 2 atom stereocenters. The lowest BCUT2D eigenvalue weighted by Gasteiger charge is -2.35. The van der Waals surface area contributed by atoms with Crippen LogP contribution >= 0.6 is 0 Å². The predicted octanol–water partition coefficient (Wildman–Crippen LogP) is 2.63. The van der Waals surface area contributed by atoms with Gasteiger partial charge in [-0.25, -0.2) is 4.98 Å². The zero-order valence-corrected chi connectivity index (χ0v) is 11.4. The number of hydrogen-bond donors (Lipinski definition) is 0. The van der Waals surface area contributed by atoms with Crippen LogP contribution in [-0.2, 0) is 0 Å². The zero-order chi connectivity index (χ0) is 13.4. The van der Waals surface area contributed by atoms with Gasteiger partial charge in [0.2, 0.25) is 0 Å². The topological polar surface area (TPSA) is 37.6 Å². The summed E-state index contributed by atoms with van der Waals surface area (Å²) in [5.41, 5.74) is 1.50. The fourth-order valence-corrected chi connectivity index (χ4v) is 2.80. The van der Waals surface area contributed by atoms with Crippen LogP contribution in [0.5, 0.6) is 0 Å². The van der Waals surface area contributed by atoms with Crippen molar-refractivity contribution < 1.29 is 4.79 Å². The number of carbonyl (C=O) groups excluding carboxylic acids is 1. The average Bonchev–Trinajstić information content (AvgIpc) is 2.80. The summed E-state index contributed by atoms with van der Waals surface area (Å²) in [5.74, 6) is 2.21. The fourth-order valence-electron chi connectivity index (χ4n) is 2.80. The summed E-state index contributed by atoms with van der Waals surface area (Å²) >= 11 is 0. The summed E-state index contributed by atoms with van der Waals surface area (Å²) in [6, 6.07) is 5.81. The Hall–Kier alpha value is -1.84. The lowest BCUT2D eigenvalue weighted by atomic mass is 9.89. The first-order valence-corrected chi connectivity index (χ1v) is 6.88. The van der Waals surface area contributed by atoms with Crippen LogP contribution in [0.15, 0.2) is 24.4 Å². The largest absolute Gasteiger partial charge is 0.354 e. The van der Waals surface area contributed by atoms with Gasteiger partial charge >= 0.3 is 0 Å². The van der Waals surface area contributed by atoms with Gasteiger partial charge in [0, 0.05) is 19.3 Å². The highest BCUT2D eigenvalue weighted by Gasteiger charge is 2.26. The van der Waals surface area contributed by atoms with E-state index in [0.29, 0.717) is 11.6 Å². The second-order valence-electron chi connectivity index (χ2n) is 5.56. The monoisotopic (exact) mass is 257 g/mol. The minimum absolute atomic E-state index is 0.637. The van der Waals surface area contributed by atoms with Crippen LogP contribution in [0.2, 0.25) is 0 Å². The van der Waals surface area contributed by atoms with Crippen molar-refractivity contribution in [3.8, 4) is 0 Å². The summed E-state index contributed by atoms with van der Waals surface area (Å²) < 4.78 is 1.87. The maximum absolute atomic E-state index is 11.4. The molecule has 2 unspecified atom stereocenters. The van der Waals surface area contributed by atoms with E-state index < -0.39 is 0 Å². The highest BCUT2D eigenvalue weighted by atomic mass is 16.1. The van der Waals surface area contributed by atoms with Crippen LogP contribution in [-0.4, -0.2) is 28.8 Å². The van der Waals surface area contributed by atoms with Gasteiger partial charge in [-0.3, -0.25) is 9.20 Å². The third kappa shape index (κ3) is 2.01. The summed E-state index contributed by atoms with van der Waals surface area (Å²) in [5, 5.41) is 0. The Balaban J connectivity index is 2.02. The number of anilines is 1. The predicted molar refractivity (Wildman–Crippen MR) is 75.7 cm³/mol. The molecule has 0 saturated carbocycles. The first kappa shape index (κ1) is 12.2. The Morgan fingerprint density at radius 1 is 1.32 bits per heavy atom. The van der Waals surface area contributed by atoms with Crippen LogP contribution in [0, 0.1) is 11.8 Å². The maximum Gasteiger partial charge on any atom is 0.170 e. The highest BCUT2D eigenvalue weighted by Crippen LogP contribution is 2.28. The number of aromatic nitrogens is 2. The van der Waals surface area contributed by atoms with E-state index in [1.54, 1.807) is 0 Å². The van der Waals surface area contributed by atoms with Gasteiger partial charge in [-0.2, -0.15) is 0 Å². The molecule has 1 saturated heterocycles. The quantitative estimate of drug-likeness (QED) is 0.776. The van der Waals surface area contributed by atoms with E-state index in [4.69, 9.17) is 0 Å². The van der Waals surface area contributed by atoms with E-state index in [1.165, 1.54) is 0 Å². The molecule has 0 aliphatic carbocycles. The fraction of sp³-hybridized carbons (Fsp3) is 0.467. The molecule has 1 aliphatic rings. The molecule has 100 valence electrons. The number of piperidine rings is 1. The molecule has 0 aromatic carbocycles. The Labute approximate surface area is 113 Å². The molecule has 0 N–H and O–H groups in total. The van der Waals surface area contributed by atoms with Gasteiger partial charge < -0.3 is 4.90 Å². The number of carbonyl (C=O) groups is 1. The molecule has 2 aromatic rings. The summed E-state index contributed by atoms with van der Waals surface area (Å²) in [6.45, 7) is 6.53. The van der Waals surface area contributed by atoms with Gasteiger partial charge in [0.15, 0.2) is 12.1 Å². The summed E-state index contributed by atoms with van der Waals surface area (Å²) in [6.07, 6.45) is 3.97. The Kier molecular flexibility index (Phi) is 3.01. The maximum atomic E-state index is 11.4. The molecular formula is C15H19N3O. The van der Waals surface area contributed by atoms with E-state index in [0.717, 1.165) is 43.2 Å². The number of nitrogens with zero attached hydrogens (tertiary/aromatic N) is 3. The Morgan fingerprint density at radius 2 is 2.16 bits per heavy atom. The second-order valence-corrected chi connectivity index (χ2v) is 5.56. The number of fused-ring (bicyclic) bond motifs is 1. The molecule has 1 fully saturated rings. The minimum Gasteiger partial charge on any atom is -0.354 e. The number of imidazole rings is 1. The standard InChI is InChI=1S/C15H19N3O/c1-11-6-8-17(9-12(11)2)15-13(10-19)18-7-4-3-5-14(18)16-15/h3-5,7,10-12H,6,8-9H2,1-2H3. The van der Waals surface area contributed by atoms with E-state index in [9.17, 15) is 4.79 Å². The Bertz CT molecular complexity index is 604. The molecule has 3 heterocycles. The number of rotatable bonds is 2. The van der Waals surface area contributed by atoms with Gasteiger partial charge in [0.05, 0.1) is 0 Å². The first-order chi connectivity index (χ1) is 9.20. The molecule has 19 heavy (non-hydrogen) atoms. The molecule has 4 nitrogen and oxygen atoms in total. The normalized spacial score (nSPS) is 23.8. The van der Waals surface area contributed by atoms with Crippen LogP contribution in [0.4, 0.5) is 5.82 Å². The first-order valence-electron chi connectivity index (χ1n) is 6.88. The van der Waals surface area contributed by atoms with Gasteiger partial charge in [0.1, 0.15) is 11.3 Å². The molecule has 4 heteroatoms. The molecule has 0 spiro atoms. The third-order valence-corrected chi connectivity index (χ3v) is 4.29. The Morgan fingerprint density at radius 3 is 2.89 bits per heavy atom. The van der Waals surface area contributed by atoms with E-state index in [-0.39, 0.29) is 0 Å². The average molecular weight is 257 g/mol. The lowest BCUT2D eigenvalue weighted by Crippen LogP contribution is -2.39. The van der Waals surface area contributed by atoms with E-state index in [1.807, 2.05) is 28.8 Å². The van der Waals surface area contributed by atoms with Crippen LogP contribution in [0.3, 0.4) is 0 Å². The van der Waals surface area contributed by atoms with E-state index in [2.05, 4.69) is 23.7 Å². The van der Waals surface area contributed by atoms with Crippen molar-refractivity contribution in [2.45, 2.75) is 20.3 Å². The SMILES string of the molecule is CC1CCN(c2nc3ccccn3c2C=O)CC1C. The van der Waals surface area contributed by atoms with Crippen LogP contribution < -0.4 is 4.90 Å². The highest BCUT2D eigenvalue weighted by molar-refractivity contribution is 5.83. The van der Waals surface area contributed by atoms with Crippen molar-refractivity contribution in [1.29, 1.82) is 0 Å². The van der Waals surface area contributed by atoms with Gasteiger partial charge in [-0.15, -0.1) is 0 Å². The van der Waals surface area contributed by atoms with E-state index >= 15 is 0 Å². The molecule has 2 aromatic heterocycles. The number of aldehydes is 1. The third-order valence-electron chi connectivity index (χ3n) is 4.29. The van der Waals surface area contributed by atoms with Gasteiger partial charge in [-0.05, 0) is 30.4 Å². The molecule has 3 rings (SSSR count). The van der Waals surface area contributed by atoms with Crippen molar-refractivity contribution in [3.63, 3.8) is 0 Å². The van der Waals surface area contributed by atoms with Crippen molar-refractivity contribution >= 4 is 17.8 Å². The van der Waals surface area contributed by atoms with Crippen molar-refractivity contribution in [1.82, 2.24) is 9.38 Å². The van der Waals surface area contributed by atoms with Crippen molar-refractivity contribution in [2.24, 2.45) is 11.8 Å². The van der Waals surface area contributed by atoms with Crippen LogP contribution in [0.25, 0.3) is 5.65 Å². The van der Waals surface area contributed by atoms with Gasteiger partial charge in [-0.1, -0.05) is 19.9 Å². The molecule has 1 aliphatic heterocycles. The zero-order valence-electron chi connectivity index (χ0n) is 11.4. The van der Waals surface area contributed by atoms with Crippen molar-refractivity contribution in [3.05, 3.63) is 30.1 Å². The number of hydrogen-bond acceptors (Lipinski definition) is 3. The summed E-state index contributed by atoms with van der Waals surface area (Å²) in [7, 11) is 0. The van der Waals surface area contributed by atoms with Crippen LogP contribution in [0.1, 0.15) is 30.8 Å². The molecule has 0 radical (unpaired) electrons. The lowest BCUT2D eigenvalue weighted by molar-refractivity contribution is 0.111. The minimum atomic E-state index is 0.637. The molecular weight excluding hydrogens is 238 g/mol. The second kappa shape index (κ2) is 4.68. The summed E-state index contributed by atoms with van der Waals surface area (Å²) in [4.78, 5) is 18.3.